The highest BCUT2D eigenvalue weighted by Gasteiger charge is 2.24. The molecule has 0 aliphatic carbocycles. The van der Waals surface area contributed by atoms with Crippen molar-refractivity contribution in [2.24, 2.45) is 0 Å². The number of ether oxygens (including phenoxy) is 3. The molecule has 0 heterocycles. The molecule has 23 heavy (non-hydrogen) atoms. The van der Waals surface area contributed by atoms with Gasteiger partial charge in [-0.2, -0.15) is 0 Å². The molecule has 0 spiro atoms. The Balaban J connectivity index is 2.43. The minimum absolute atomic E-state index is 0.165. The molecule has 0 radical (unpaired) electrons. The predicted molar refractivity (Wildman–Crippen MR) is 88.1 cm³/mol. The maximum Gasteiger partial charge on any atom is 0.264 e. The van der Waals surface area contributed by atoms with Crippen LogP contribution in [0.25, 0.3) is 0 Å². The summed E-state index contributed by atoms with van der Waals surface area (Å²) in [6, 6.07) is 11.2. The number of anilines is 1. The molecule has 2 aromatic carbocycles. The van der Waals surface area contributed by atoms with Crippen LogP contribution >= 0.6 is 0 Å². The minimum Gasteiger partial charge on any atom is -0.497 e. The zero-order valence-electron chi connectivity index (χ0n) is 13.4. The average Bonchev–Trinajstić information content (AvgIpc) is 2.60. The van der Waals surface area contributed by atoms with Crippen LogP contribution in [0.15, 0.2) is 47.4 Å². The van der Waals surface area contributed by atoms with E-state index in [0.717, 1.165) is 0 Å². The molecule has 0 amide bonds. The van der Waals surface area contributed by atoms with Crippen molar-refractivity contribution in [1.82, 2.24) is 0 Å². The normalized spacial score (nSPS) is 11.0. The molecule has 0 saturated heterocycles. The largest absolute Gasteiger partial charge is 0.497 e. The van der Waals surface area contributed by atoms with E-state index in [1.165, 1.54) is 44.8 Å². The summed E-state index contributed by atoms with van der Waals surface area (Å²) in [6.07, 6.45) is 0. The summed E-state index contributed by atoms with van der Waals surface area (Å²) in [5.74, 6) is 1.58. The van der Waals surface area contributed by atoms with Crippen molar-refractivity contribution in [2.75, 3.05) is 32.7 Å². The summed E-state index contributed by atoms with van der Waals surface area (Å²) < 4.78 is 42.1. The molecule has 0 bridgehead atoms. The first-order valence-corrected chi connectivity index (χ1v) is 8.23. The highest BCUT2D eigenvalue weighted by atomic mass is 32.2. The monoisotopic (exact) mass is 337 g/mol. The van der Waals surface area contributed by atoms with Gasteiger partial charge in [-0.05, 0) is 36.4 Å². The molecule has 0 aromatic heterocycles. The van der Waals surface area contributed by atoms with Gasteiger partial charge in [0.25, 0.3) is 10.0 Å². The quantitative estimate of drug-likeness (QED) is 0.810. The molecule has 2 aromatic rings. The highest BCUT2D eigenvalue weighted by Crippen LogP contribution is 2.34. The van der Waals surface area contributed by atoms with Crippen LogP contribution < -0.4 is 18.5 Å². The summed E-state index contributed by atoms with van der Waals surface area (Å²) in [4.78, 5) is 0.165. The maximum absolute atomic E-state index is 12.8. The van der Waals surface area contributed by atoms with E-state index in [0.29, 0.717) is 22.9 Å². The lowest BCUT2D eigenvalue weighted by Crippen LogP contribution is -2.26. The fourth-order valence-corrected chi connectivity index (χ4v) is 3.29. The second-order valence-corrected chi connectivity index (χ2v) is 6.66. The van der Waals surface area contributed by atoms with Gasteiger partial charge < -0.3 is 14.2 Å². The third kappa shape index (κ3) is 3.34. The van der Waals surface area contributed by atoms with Crippen molar-refractivity contribution in [2.45, 2.75) is 4.90 Å². The first-order chi connectivity index (χ1) is 10.9. The van der Waals surface area contributed by atoms with Crippen molar-refractivity contribution in [3.63, 3.8) is 0 Å². The molecular formula is C16H19NO5S. The average molecular weight is 337 g/mol. The van der Waals surface area contributed by atoms with Crippen molar-refractivity contribution in [1.29, 1.82) is 0 Å². The van der Waals surface area contributed by atoms with Crippen LogP contribution in [0.1, 0.15) is 0 Å². The fourth-order valence-electron chi connectivity index (χ4n) is 2.08. The maximum atomic E-state index is 12.8. The van der Waals surface area contributed by atoms with Gasteiger partial charge in [0.2, 0.25) is 0 Å². The Bertz CT molecular complexity index is 772. The minimum atomic E-state index is -3.71. The summed E-state index contributed by atoms with van der Waals surface area (Å²) >= 11 is 0. The van der Waals surface area contributed by atoms with Crippen LogP contribution in [0.3, 0.4) is 0 Å². The lowest BCUT2D eigenvalue weighted by molar-refractivity contribution is 0.395. The second kappa shape index (κ2) is 6.78. The van der Waals surface area contributed by atoms with Crippen LogP contribution in [-0.2, 0) is 10.0 Å². The third-order valence-corrected chi connectivity index (χ3v) is 5.23. The summed E-state index contributed by atoms with van der Waals surface area (Å²) in [6.45, 7) is 0. The fraction of sp³-hybridized carbons (Fsp3) is 0.250. The van der Waals surface area contributed by atoms with E-state index in [9.17, 15) is 8.42 Å². The molecule has 0 unspecified atom stereocenters. The van der Waals surface area contributed by atoms with Crippen LogP contribution in [0, 0.1) is 0 Å². The van der Waals surface area contributed by atoms with Gasteiger partial charge in [-0.1, -0.05) is 0 Å². The Labute approximate surface area is 136 Å². The Morgan fingerprint density at radius 2 is 1.39 bits per heavy atom. The van der Waals surface area contributed by atoms with Crippen LogP contribution in [-0.4, -0.2) is 36.8 Å². The van der Waals surface area contributed by atoms with Gasteiger partial charge in [0.05, 0.1) is 31.9 Å². The van der Waals surface area contributed by atoms with Gasteiger partial charge >= 0.3 is 0 Å². The summed E-state index contributed by atoms with van der Waals surface area (Å²) in [5.41, 5.74) is 0.420. The number of benzene rings is 2. The molecule has 7 heteroatoms. The first-order valence-electron chi connectivity index (χ1n) is 6.79. The molecule has 0 N–H and O–H groups in total. The lowest BCUT2D eigenvalue weighted by atomic mass is 10.3. The van der Waals surface area contributed by atoms with Crippen molar-refractivity contribution in [3.05, 3.63) is 42.5 Å². The topological polar surface area (TPSA) is 65.1 Å². The van der Waals surface area contributed by atoms with Crippen molar-refractivity contribution < 1.29 is 22.6 Å². The van der Waals surface area contributed by atoms with Gasteiger partial charge in [0.15, 0.2) is 0 Å². The molecule has 0 fully saturated rings. The number of methoxy groups -OCH3 is 3. The number of hydrogen-bond acceptors (Lipinski definition) is 5. The molecule has 124 valence electrons. The van der Waals surface area contributed by atoms with Gasteiger partial charge in [-0.15, -0.1) is 0 Å². The Kier molecular flexibility index (Phi) is 5.00. The lowest BCUT2D eigenvalue weighted by Gasteiger charge is -2.22. The molecule has 0 aliphatic heterocycles. The summed E-state index contributed by atoms with van der Waals surface area (Å²) in [5, 5.41) is 0. The second-order valence-electron chi connectivity index (χ2n) is 4.69. The molecule has 0 atom stereocenters. The van der Waals surface area contributed by atoms with Crippen LogP contribution in [0.2, 0.25) is 0 Å². The number of sulfonamides is 1. The summed E-state index contributed by atoms with van der Waals surface area (Å²) in [7, 11) is 2.30. The SMILES string of the molecule is COc1ccc(S(=O)(=O)N(C)c2ccc(OC)cc2OC)cc1. The van der Waals surface area contributed by atoms with Gasteiger partial charge in [-0.3, -0.25) is 4.31 Å². The zero-order chi connectivity index (χ0) is 17.0. The first kappa shape index (κ1) is 17.0. The molecule has 2 rings (SSSR count). The van der Waals surface area contributed by atoms with E-state index in [-0.39, 0.29) is 4.90 Å². The third-order valence-electron chi connectivity index (χ3n) is 3.44. The number of rotatable bonds is 6. The number of nitrogens with zero attached hydrogens (tertiary/aromatic N) is 1. The molecule has 0 aliphatic rings. The highest BCUT2D eigenvalue weighted by molar-refractivity contribution is 7.92. The van der Waals surface area contributed by atoms with Crippen molar-refractivity contribution in [3.8, 4) is 17.2 Å². The molecule has 6 nitrogen and oxygen atoms in total. The Morgan fingerprint density at radius 3 is 1.91 bits per heavy atom. The predicted octanol–water partition coefficient (Wildman–Crippen LogP) is 2.54. The number of hydrogen-bond donors (Lipinski definition) is 0. The van der Waals surface area contributed by atoms with E-state index in [4.69, 9.17) is 14.2 Å². The van der Waals surface area contributed by atoms with Crippen molar-refractivity contribution >= 4 is 15.7 Å². The van der Waals surface area contributed by atoms with E-state index >= 15 is 0 Å². The van der Waals surface area contributed by atoms with Crippen LogP contribution in [0.5, 0.6) is 17.2 Å². The van der Waals surface area contributed by atoms with E-state index < -0.39 is 10.0 Å². The van der Waals surface area contributed by atoms with E-state index in [1.54, 1.807) is 30.3 Å². The van der Waals surface area contributed by atoms with Gasteiger partial charge in [0.1, 0.15) is 17.2 Å². The van der Waals surface area contributed by atoms with Gasteiger partial charge in [-0.25, -0.2) is 8.42 Å². The molecule has 0 saturated carbocycles. The van der Waals surface area contributed by atoms with Gasteiger partial charge in [0, 0.05) is 13.1 Å². The van der Waals surface area contributed by atoms with E-state index in [2.05, 4.69) is 0 Å². The standard InChI is InChI=1S/C16H19NO5S/c1-17(15-10-7-13(21-3)11-16(15)22-4)23(18,19)14-8-5-12(20-2)6-9-14/h5-11H,1-4H3. The smallest absolute Gasteiger partial charge is 0.264 e. The Morgan fingerprint density at radius 1 is 0.826 bits per heavy atom. The Hall–Kier alpha value is -2.41. The molecular weight excluding hydrogens is 318 g/mol. The van der Waals surface area contributed by atoms with Crippen LogP contribution in [0.4, 0.5) is 5.69 Å². The van der Waals surface area contributed by atoms with E-state index in [1.807, 2.05) is 0 Å². The zero-order valence-corrected chi connectivity index (χ0v) is 14.3.